The van der Waals surface area contributed by atoms with E-state index in [4.69, 9.17) is 19.7 Å². The first kappa shape index (κ1) is 21.8. The summed E-state index contributed by atoms with van der Waals surface area (Å²) in [7, 11) is 0. The second-order valence-corrected chi connectivity index (χ2v) is 8.48. The molecule has 5 rings (SSSR count). The fourth-order valence-electron chi connectivity index (χ4n) is 3.59. The smallest absolute Gasteiger partial charge is 0.264 e. The molecule has 0 atom stereocenters. The first-order chi connectivity index (χ1) is 16.5. The van der Waals surface area contributed by atoms with E-state index in [0.29, 0.717) is 34.5 Å². The van der Waals surface area contributed by atoms with E-state index in [1.54, 1.807) is 0 Å². The summed E-state index contributed by atoms with van der Waals surface area (Å²) in [4.78, 5) is 17.1. The van der Waals surface area contributed by atoms with Gasteiger partial charge >= 0.3 is 0 Å². The Morgan fingerprint density at radius 3 is 2.88 bits per heavy atom. The Labute approximate surface area is 199 Å². The zero-order valence-electron chi connectivity index (χ0n) is 18.6. The van der Waals surface area contributed by atoms with Gasteiger partial charge in [0.2, 0.25) is 18.5 Å². The summed E-state index contributed by atoms with van der Waals surface area (Å²) in [5.74, 6) is 2.12. The van der Waals surface area contributed by atoms with E-state index in [9.17, 15) is 4.79 Å². The lowest BCUT2D eigenvalue weighted by Gasteiger charge is -2.07. The van der Waals surface area contributed by atoms with Crippen molar-refractivity contribution in [1.29, 1.82) is 0 Å². The minimum atomic E-state index is -0.239. The molecule has 0 saturated heterocycles. The van der Waals surface area contributed by atoms with E-state index in [2.05, 4.69) is 20.6 Å². The quantitative estimate of drug-likeness (QED) is 0.384. The maximum absolute atomic E-state index is 12.6. The highest BCUT2D eigenvalue weighted by molar-refractivity contribution is 7.98. The molecule has 0 fully saturated rings. The largest absolute Gasteiger partial charge is 0.454 e. The molecule has 3 heterocycles. The molecule has 0 aliphatic carbocycles. The van der Waals surface area contributed by atoms with Gasteiger partial charge in [-0.15, -0.1) is 11.8 Å². The minimum Gasteiger partial charge on any atom is -0.454 e. The van der Waals surface area contributed by atoms with Gasteiger partial charge in [-0.2, -0.15) is 10.1 Å². The summed E-state index contributed by atoms with van der Waals surface area (Å²) in [6, 6.07) is 13.4. The molecular weight excluding hydrogens is 456 g/mol. The van der Waals surface area contributed by atoms with Crippen molar-refractivity contribution in [3.63, 3.8) is 0 Å². The van der Waals surface area contributed by atoms with Gasteiger partial charge < -0.3 is 25.0 Å². The number of anilines is 1. The van der Waals surface area contributed by atoms with Crippen molar-refractivity contribution in [2.24, 2.45) is 0 Å². The SMILES string of the molecule is CSc1nn(CC(=O)NCc2ccc3c(c2)OCO3)c(N)c1-c1nc(-c2cccc(C)c2)no1. The average molecular weight is 479 g/mol. The van der Waals surface area contributed by atoms with Crippen LogP contribution in [0.3, 0.4) is 0 Å². The minimum absolute atomic E-state index is 0.0528. The summed E-state index contributed by atoms with van der Waals surface area (Å²) in [6.07, 6.45) is 1.87. The third kappa shape index (κ3) is 4.29. The van der Waals surface area contributed by atoms with Gasteiger partial charge in [-0.3, -0.25) is 4.79 Å². The van der Waals surface area contributed by atoms with E-state index < -0.39 is 0 Å². The van der Waals surface area contributed by atoms with E-state index >= 15 is 0 Å². The highest BCUT2D eigenvalue weighted by atomic mass is 32.2. The van der Waals surface area contributed by atoms with Crippen LogP contribution in [0.1, 0.15) is 11.1 Å². The van der Waals surface area contributed by atoms with E-state index in [1.807, 2.05) is 55.6 Å². The highest BCUT2D eigenvalue weighted by Gasteiger charge is 2.24. The molecule has 0 saturated carbocycles. The number of rotatable bonds is 7. The monoisotopic (exact) mass is 478 g/mol. The van der Waals surface area contributed by atoms with Crippen LogP contribution >= 0.6 is 11.8 Å². The Morgan fingerprint density at radius 1 is 1.21 bits per heavy atom. The number of hydrogen-bond acceptors (Lipinski definition) is 9. The molecule has 2 aromatic carbocycles. The Bertz CT molecular complexity index is 1370. The number of benzene rings is 2. The predicted octanol–water partition coefficient (Wildman–Crippen LogP) is 3.26. The van der Waals surface area contributed by atoms with Gasteiger partial charge in [0.1, 0.15) is 23.0 Å². The molecule has 0 bridgehead atoms. The number of nitrogens with one attached hydrogen (secondary N) is 1. The third-order valence-corrected chi connectivity index (χ3v) is 5.96. The van der Waals surface area contributed by atoms with Crippen molar-refractivity contribution in [2.45, 2.75) is 25.0 Å². The van der Waals surface area contributed by atoms with E-state index in [1.165, 1.54) is 16.4 Å². The maximum atomic E-state index is 12.6. The Hall–Kier alpha value is -3.99. The van der Waals surface area contributed by atoms with Crippen molar-refractivity contribution >= 4 is 23.5 Å². The number of aryl methyl sites for hydroxylation is 1. The van der Waals surface area contributed by atoms with Crippen LogP contribution in [-0.4, -0.2) is 38.9 Å². The maximum Gasteiger partial charge on any atom is 0.264 e. The van der Waals surface area contributed by atoms with Gasteiger partial charge in [-0.25, -0.2) is 4.68 Å². The lowest BCUT2D eigenvalue weighted by atomic mass is 10.1. The van der Waals surface area contributed by atoms with Crippen LogP contribution < -0.4 is 20.5 Å². The van der Waals surface area contributed by atoms with Crippen LogP contribution in [0.4, 0.5) is 5.82 Å². The first-order valence-corrected chi connectivity index (χ1v) is 11.7. The molecular formula is C23H22N6O4S. The van der Waals surface area contributed by atoms with Crippen molar-refractivity contribution in [1.82, 2.24) is 25.2 Å². The molecule has 3 N–H and O–H groups in total. The molecule has 11 heteroatoms. The van der Waals surface area contributed by atoms with Gasteiger partial charge in [0.15, 0.2) is 11.5 Å². The molecule has 2 aromatic heterocycles. The number of carbonyl (C=O) groups excluding carboxylic acids is 1. The predicted molar refractivity (Wildman–Crippen MR) is 126 cm³/mol. The van der Waals surface area contributed by atoms with Crippen LogP contribution in [0, 0.1) is 6.92 Å². The molecule has 1 aliphatic rings. The van der Waals surface area contributed by atoms with Gasteiger partial charge in [0.05, 0.1) is 0 Å². The van der Waals surface area contributed by atoms with Crippen molar-refractivity contribution in [2.75, 3.05) is 18.8 Å². The molecule has 4 aromatic rings. The molecule has 0 radical (unpaired) electrons. The average Bonchev–Trinajstić information content (AvgIpc) is 3.56. The zero-order chi connectivity index (χ0) is 23.7. The summed E-state index contributed by atoms with van der Waals surface area (Å²) in [5, 5.41) is 12.0. The van der Waals surface area contributed by atoms with Crippen LogP contribution in [-0.2, 0) is 17.9 Å². The molecule has 174 valence electrons. The first-order valence-electron chi connectivity index (χ1n) is 10.5. The number of nitrogen functional groups attached to an aromatic ring is 1. The molecule has 0 unspecified atom stereocenters. The Balaban J connectivity index is 1.31. The number of nitrogens with two attached hydrogens (primary N) is 1. The lowest BCUT2D eigenvalue weighted by molar-refractivity contribution is -0.122. The number of fused-ring (bicyclic) bond motifs is 1. The lowest BCUT2D eigenvalue weighted by Crippen LogP contribution is -2.28. The topological polar surface area (TPSA) is 130 Å². The van der Waals surface area contributed by atoms with E-state index in [0.717, 1.165) is 16.7 Å². The number of ether oxygens (including phenoxy) is 2. The number of carbonyl (C=O) groups is 1. The molecule has 1 amide bonds. The Kier molecular flexibility index (Phi) is 5.84. The van der Waals surface area contributed by atoms with Crippen molar-refractivity contribution < 1.29 is 18.8 Å². The van der Waals surface area contributed by atoms with Crippen LogP contribution in [0.5, 0.6) is 11.5 Å². The second kappa shape index (κ2) is 9.10. The van der Waals surface area contributed by atoms with Crippen LogP contribution in [0.15, 0.2) is 52.0 Å². The van der Waals surface area contributed by atoms with Gasteiger partial charge in [-0.1, -0.05) is 35.0 Å². The molecule has 0 spiro atoms. The Morgan fingerprint density at radius 2 is 2.06 bits per heavy atom. The number of thioether (sulfide) groups is 1. The zero-order valence-corrected chi connectivity index (χ0v) is 19.4. The molecule has 10 nitrogen and oxygen atoms in total. The fraction of sp³-hybridized carbons (Fsp3) is 0.217. The summed E-state index contributed by atoms with van der Waals surface area (Å²) < 4.78 is 17.6. The van der Waals surface area contributed by atoms with Gasteiger partial charge in [-0.05, 0) is 36.9 Å². The standard InChI is InChI=1S/C23H22N6O4S/c1-13-4-3-5-15(8-13)21-26-22(33-28-21)19-20(24)29(27-23(19)34-2)11-18(30)25-10-14-6-7-16-17(9-14)32-12-31-16/h3-9H,10-12,24H2,1-2H3,(H,25,30). The van der Waals surface area contributed by atoms with Crippen molar-refractivity contribution in [3.8, 4) is 34.3 Å². The number of amides is 1. The fourth-order valence-corrected chi connectivity index (χ4v) is 4.16. The normalized spacial score (nSPS) is 12.2. The second-order valence-electron chi connectivity index (χ2n) is 7.68. The van der Waals surface area contributed by atoms with Crippen LogP contribution in [0.2, 0.25) is 0 Å². The van der Waals surface area contributed by atoms with E-state index in [-0.39, 0.29) is 31.0 Å². The molecule has 34 heavy (non-hydrogen) atoms. The van der Waals surface area contributed by atoms with Gasteiger partial charge in [0, 0.05) is 12.1 Å². The summed E-state index contributed by atoms with van der Waals surface area (Å²) in [6.45, 7) is 2.48. The van der Waals surface area contributed by atoms with Crippen molar-refractivity contribution in [3.05, 3.63) is 53.6 Å². The number of hydrogen-bond donors (Lipinski definition) is 2. The summed E-state index contributed by atoms with van der Waals surface area (Å²) >= 11 is 1.38. The van der Waals surface area contributed by atoms with Gasteiger partial charge in [0.25, 0.3) is 5.89 Å². The third-order valence-electron chi connectivity index (χ3n) is 5.29. The van der Waals surface area contributed by atoms with Crippen LogP contribution in [0.25, 0.3) is 22.8 Å². The molecule has 1 aliphatic heterocycles. The highest BCUT2D eigenvalue weighted by Crippen LogP contribution is 2.35. The summed E-state index contributed by atoms with van der Waals surface area (Å²) in [5.41, 5.74) is 9.69. The number of nitrogens with zero attached hydrogens (tertiary/aromatic N) is 4. The number of aromatic nitrogens is 4.